The molecule has 1 unspecified atom stereocenters. The minimum Gasteiger partial charge on any atom is -0.450 e. The fraction of sp³-hybridized carbons (Fsp3) is 0.348. The Labute approximate surface area is 169 Å². The van der Waals surface area contributed by atoms with Gasteiger partial charge in [0, 0.05) is 32.2 Å². The quantitative estimate of drug-likeness (QED) is 0.573. The average molecular weight is 392 g/mol. The molecule has 6 nitrogen and oxygen atoms in total. The molecule has 0 saturated heterocycles. The highest BCUT2D eigenvalue weighted by atomic mass is 16.5. The molecular weight excluding hydrogens is 368 g/mol. The molecule has 1 aromatic carbocycles. The van der Waals surface area contributed by atoms with Gasteiger partial charge in [-0.15, -0.1) is 0 Å². The first-order valence-electron chi connectivity index (χ1n) is 10.0. The molecule has 4 rings (SSSR count). The number of pyridine rings is 1. The Kier molecular flexibility index (Phi) is 5.45. The molecule has 1 amide bonds. The molecule has 150 valence electrons. The molecule has 1 aliphatic heterocycles. The fourth-order valence-electron chi connectivity index (χ4n) is 3.88. The maximum Gasteiger partial charge on any atom is 0.290 e. The highest BCUT2D eigenvalue weighted by Gasteiger charge is 2.42. The summed E-state index contributed by atoms with van der Waals surface area (Å²) in [5.74, 6) is -0.124. The van der Waals surface area contributed by atoms with Crippen molar-refractivity contribution in [2.75, 3.05) is 19.8 Å². The smallest absolute Gasteiger partial charge is 0.290 e. The van der Waals surface area contributed by atoms with E-state index in [-0.39, 0.29) is 17.1 Å². The normalized spacial score (nSPS) is 15.9. The second-order valence-corrected chi connectivity index (χ2v) is 7.10. The van der Waals surface area contributed by atoms with E-state index in [2.05, 4.69) is 4.98 Å². The predicted molar refractivity (Wildman–Crippen MR) is 110 cm³/mol. The minimum atomic E-state index is -0.501. The van der Waals surface area contributed by atoms with Crippen molar-refractivity contribution in [3.8, 4) is 0 Å². The highest BCUT2D eigenvalue weighted by Crippen LogP contribution is 2.37. The Morgan fingerprint density at radius 1 is 1.21 bits per heavy atom. The van der Waals surface area contributed by atoms with Gasteiger partial charge in [-0.25, -0.2) is 0 Å². The number of aryl methyl sites for hydroxylation is 1. The first kappa shape index (κ1) is 19.3. The molecule has 0 bridgehead atoms. The Morgan fingerprint density at radius 3 is 2.79 bits per heavy atom. The topological polar surface area (TPSA) is 72.6 Å². The van der Waals surface area contributed by atoms with E-state index in [1.165, 1.54) is 0 Å². The number of hydrogen-bond donors (Lipinski definition) is 0. The van der Waals surface area contributed by atoms with Crippen molar-refractivity contribution in [3.63, 3.8) is 0 Å². The Balaban J connectivity index is 1.85. The van der Waals surface area contributed by atoms with Crippen LogP contribution >= 0.6 is 0 Å². The van der Waals surface area contributed by atoms with Gasteiger partial charge in [0.05, 0.1) is 17.0 Å². The Bertz CT molecular complexity index is 1090. The van der Waals surface area contributed by atoms with E-state index in [0.717, 1.165) is 17.5 Å². The number of hydrogen-bond acceptors (Lipinski definition) is 5. The molecule has 3 aromatic rings. The third kappa shape index (κ3) is 3.44. The molecule has 0 spiro atoms. The standard InChI is InChI=1S/C23H24N2O4/c1-3-15-8-9-18-17(13-15)21(26)19-20(16-7-5-10-24-14-16)25(11-6-12-28-4-2)23(27)22(19)29-18/h5,7-10,13-14,20H,3-4,6,11-12H2,1-2H3. The van der Waals surface area contributed by atoms with E-state index >= 15 is 0 Å². The van der Waals surface area contributed by atoms with Gasteiger partial charge in [-0.2, -0.15) is 0 Å². The number of amides is 1. The van der Waals surface area contributed by atoms with Crippen LogP contribution in [0.5, 0.6) is 0 Å². The summed E-state index contributed by atoms with van der Waals surface area (Å²) in [5, 5.41) is 0.515. The molecule has 3 heterocycles. The Hall–Kier alpha value is -2.99. The zero-order valence-electron chi connectivity index (χ0n) is 16.7. The van der Waals surface area contributed by atoms with Crippen molar-refractivity contribution in [1.29, 1.82) is 0 Å². The molecule has 0 N–H and O–H groups in total. The zero-order chi connectivity index (χ0) is 20.4. The molecule has 1 aliphatic rings. The lowest BCUT2D eigenvalue weighted by Crippen LogP contribution is -2.31. The van der Waals surface area contributed by atoms with Gasteiger partial charge in [0.25, 0.3) is 5.91 Å². The number of nitrogens with zero attached hydrogens (tertiary/aromatic N) is 2. The van der Waals surface area contributed by atoms with E-state index in [4.69, 9.17) is 9.15 Å². The van der Waals surface area contributed by atoms with Crippen LogP contribution in [0.15, 0.2) is 51.9 Å². The van der Waals surface area contributed by atoms with Crippen LogP contribution in [0.4, 0.5) is 0 Å². The molecule has 6 heteroatoms. The van der Waals surface area contributed by atoms with Crippen LogP contribution in [-0.4, -0.2) is 35.5 Å². The SMILES string of the molecule is CCOCCCN1C(=O)c2oc3ccc(CC)cc3c(=O)c2C1c1cccnc1. The second kappa shape index (κ2) is 8.17. The molecule has 29 heavy (non-hydrogen) atoms. The van der Waals surface area contributed by atoms with Crippen molar-refractivity contribution in [2.24, 2.45) is 0 Å². The molecule has 2 aromatic heterocycles. The summed E-state index contributed by atoms with van der Waals surface area (Å²) < 4.78 is 11.4. The number of fused-ring (bicyclic) bond motifs is 2. The summed E-state index contributed by atoms with van der Waals surface area (Å²) in [4.78, 5) is 32.5. The van der Waals surface area contributed by atoms with E-state index < -0.39 is 6.04 Å². The maximum absolute atomic E-state index is 13.5. The number of carbonyl (C=O) groups excluding carboxylic acids is 1. The second-order valence-electron chi connectivity index (χ2n) is 7.10. The molecule has 0 saturated carbocycles. The van der Waals surface area contributed by atoms with Crippen LogP contribution < -0.4 is 5.43 Å². The number of aromatic nitrogens is 1. The van der Waals surface area contributed by atoms with E-state index in [9.17, 15) is 9.59 Å². The van der Waals surface area contributed by atoms with Crippen LogP contribution in [-0.2, 0) is 11.2 Å². The number of ether oxygens (including phenoxy) is 1. The van der Waals surface area contributed by atoms with Crippen molar-refractivity contribution in [3.05, 3.63) is 75.4 Å². The summed E-state index contributed by atoms with van der Waals surface area (Å²) in [6, 6.07) is 8.77. The number of benzene rings is 1. The van der Waals surface area contributed by atoms with Gasteiger partial charge in [-0.1, -0.05) is 19.1 Å². The lowest BCUT2D eigenvalue weighted by atomic mass is 9.99. The summed E-state index contributed by atoms with van der Waals surface area (Å²) >= 11 is 0. The molecule has 1 atom stereocenters. The largest absolute Gasteiger partial charge is 0.450 e. The fourth-order valence-corrected chi connectivity index (χ4v) is 3.88. The monoisotopic (exact) mass is 392 g/mol. The minimum absolute atomic E-state index is 0.136. The van der Waals surface area contributed by atoms with Gasteiger partial charge in [0.1, 0.15) is 5.58 Å². The van der Waals surface area contributed by atoms with Crippen LogP contribution in [0.25, 0.3) is 11.0 Å². The molecule has 0 fully saturated rings. The number of carbonyl (C=O) groups is 1. The van der Waals surface area contributed by atoms with Gasteiger partial charge < -0.3 is 14.1 Å². The van der Waals surface area contributed by atoms with Crippen LogP contribution in [0.2, 0.25) is 0 Å². The highest BCUT2D eigenvalue weighted by molar-refractivity contribution is 5.99. The summed E-state index contributed by atoms with van der Waals surface area (Å²) in [7, 11) is 0. The first-order chi connectivity index (χ1) is 14.2. The van der Waals surface area contributed by atoms with Crippen LogP contribution in [0.3, 0.4) is 0 Å². The van der Waals surface area contributed by atoms with Crippen molar-refractivity contribution >= 4 is 16.9 Å². The van der Waals surface area contributed by atoms with Crippen molar-refractivity contribution in [1.82, 2.24) is 9.88 Å². The summed E-state index contributed by atoms with van der Waals surface area (Å²) in [6.45, 7) is 5.63. The summed E-state index contributed by atoms with van der Waals surface area (Å²) in [5.41, 5.74) is 2.56. The van der Waals surface area contributed by atoms with Gasteiger partial charge >= 0.3 is 0 Å². The Morgan fingerprint density at radius 2 is 2.07 bits per heavy atom. The van der Waals surface area contributed by atoms with Crippen molar-refractivity contribution < 1.29 is 13.9 Å². The first-order valence-corrected chi connectivity index (χ1v) is 10.0. The van der Waals surface area contributed by atoms with Crippen molar-refractivity contribution in [2.45, 2.75) is 32.7 Å². The third-order valence-electron chi connectivity index (χ3n) is 5.33. The van der Waals surface area contributed by atoms with E-state index in [1.54, 1.807) is 23.4 Å². The summed E-state index contributed by atoms with van der Waals surface area (Å²) in [6.07, 6.45) is 4.88. The average Bonchev–Trinajstić information content (AvgIpc) is 3.04. The van der Waals surface area contributed by atoms with E-state index in [1.807, 2.05) is 38.1 Å². The lowest BCUT2D eigenvalue weighted by molar-refractivity contribution is 0.0695. The molecule has 0 radical (unpaired) electrons. The maximum atomic E-state index is 13.5. The van der Waals surface area contributed by atoms with Crippen LogP contribution in [0, 0.1) is 0 Å². The van der Waals surface area contributed by atoms with E-state index in [0.29, 0.717) is 42.7 Å². The van der Waals surface area contributed by atoms with Gasteiger partial charge in [0.2, 0.25) is 5.76 Å². The number of rotatable bonds is 7. The van der Waals surface area contributed by atoms with Gasteiger partial charge in [-0.05, 0) is 49.1 Å². The predicted octanol–water partition coefficient (Wildman–Crippen LogP) is 3.72. The molecule has 0 aliphatic carbocycles. The zero-order valence-corrected chi connectivity index (χ0v) is 16.7. The van der Waals surface area contributed by atoms with Gasteiger partial charge in [-0.3, -0.25) is 14.6 Å². The third-order valence-corrected chi connectivity index (χ3v) is 5.33. The lowest BCUT2D eigenvalue weighted by Gasteiger charge is -2.24. The van der Waals surface area contributed by atoms with Crippen LogP contribution in [0.1, 0.15) is 53.6 Å². The molecular formula is C23H24N2O4. The van der Waals surface area contributed by atoms with Gasteiger partial charge in [0.15, 0.2) is 5.43 Å².